The number of anilines is 1. The number of pyridine rings is 2. The van der Waals surface area contributed by atoms with Gasteiger partial charge in [-0.2, -0.15) is 18.3 Å². The molecule has 0 amide bonds. The molecule has 144 valence electrons. The highest BCUT2D eigenvalue weighted by Crippen LogP contribution is 2.34. The lowest BCUT2D eigenvalue weighted by atomic mass is 10.1. The Morgan fingerprint density at radius 3 is 2.64 bits per heavy atom. The molecule has 4 heterocycles. The van der Waals surface area contributed by atoms with Crippen LogP contribution in [0.5, 0.6) is 5.88 Å². The zero-order chi connectivity index (χ0) is 20.1. The van der Waals surface area contributed by atoms with Crippen molar-refractivity contribution in [3.63, 3.8) is 0 Å². The van der Waals surface area contributed by atoms with Crippen LogP contribution < -0.4 is 5.73 Å². The number of aryl methyl sites for hydroxylation is 1. The van der Waals surface area contributed by atoms with E-state index < -0.39 is 12.7 Å². The van der Waals surface area contributed by atoms with Gasteiger partial charge in [-0.05, 0) is 30.7 Å². The van der Waals surface area contributed by atoms with Crippen LogP contribution in [0.1, 0.15) is 5.56 Å². The molecule has 0 unspecified atom stereocenters. The van der Waals surface area contributed by atoms with E-state index >= 15 is 0 Å². The fourth-order valence-corrected chi connectivity index (χ4v) is 3.03. The van der Waals surface area contributed by atoms with Crippen molar-refractivity contribution in [1.29, 1.82) is 0 Å². The molecule has 4 aromatic heterocycles. The molecule has 7 nitrogen and oxygen atoms in total. The molecule has 0 radical (unpaired) electrons. The van der Waals surface area contributed by atoms with E-state index in [9.17, 15) is 18.3 Å². The lowest BCUT2D eigenvalue weighted by molar-refractivity contribution is -0.142. The predicted molar refractivity (Wildman–Crippen MR) is 97.0 cm³/mol. The molecule has 4 rings (SSSR count). The van der Waals surface area contributed by atoms with Crippen molar-refractivity contribution in [2.75, 3.05) is 5.73 Å². The second-order valence-corrected chi connectivity index (χ2v) is 6.39. The maximum Gasteiger partial charge on any atom is 0.408 e. The third-order valence-corrected chi connectivity index (χ3v) is 4.27. The fraction of sp³-hybridized carbons (Fsp3) is 0.167. The van der Waals surface area contributed by atoms with Crippen molar-refractivity contribution in [3.8, 4) is 22.8 Å². The van der Waals surface area contributed by atoms with E-state index in [4.69, 9.17) is 5.73 Å². The van der Waals surface area contributed by atoms with E-state index in [2.05, 4.69) is 15.1 Å². The number of halogens is 3. The SMILES string of the molecule is Cc1cc(-c2ccc(N)nc2)nc2cn(-c3cnn(CC(F)(F)F)c3)c(O)c12. The summed E-state index contributed by atoms with van der Waals surface area (Å²) in [4.78, 5) is 8.59. The number of hydrogen-bond acceptors (Lipinski definition) is 5. The molecule has 4 aromatic rings. The predicted octanol–water partition coefficient (Wildman–Crippen LogP) is 3.44. The van der Waals surface area contributed by atoms with Gasteiger partial charge in [-0.15, -0.1) is 0 Å². The van der Waals surface area contributed by atoms with Crippen LogP contribution in [0.25, 0.3) is 27.8 Å². The Kier molecular flexibility index (Phi) is 3.98. The Morgan fingerprint density at radius 2 is 1.96 bits per heavy atom. The van der Waals surface area contributed by atoms with Gasteiger partial charge in [0.05, 0.1) is 28.5 Å². The molecule has 0 aliphatic rings. The number of fused-ring (bicyclic) bond motifs is 1. The third kappa shape index (κ3) is 3.24. The highest BCUT2D eigenvalue weighted by molar-refractivity contribution is 5.90. The smallest absolute Gasteiger partial charge is 0.408 e. The molecule has 0 aliphatic carbocycles. The summed E-state index contributed by atoms with van der Waals surface area (Å²) in [5, 5.41) is 14.8. The number of aromatic nitrogens is 5. The van der Waals surface area contributed by atoms with E-state index in [1.54, 1.807) is 30.6 Å². The van der Waals surface area contributed by atoms with Crippen LogP contribution in [0.15, 0.2) is 43.0 Å². The van der Waals surface area contributed by atoms with Gasteiger partial charge in [0.2, 0.25) is 5.88 Å². The molecule has 28 heavy (non-hydrogen) atoms. The van der Waals surface area contributed by atoms with E-state index in [0.717, 1.165) is 15.8 Å². The average Bonchev–Trinajstić information content (AvgIpc) is 3.18. The first kappa shape index (κ1) is 17.8. The highest BCUT2D eigenvalue weighted by atomic mass is 19.4. The van der Waals surface area contributed by atoms with Gasteiger partial charge in [0.1, 0.15) is 12.4 Å². The standard InChI is InChI=1S/C18H15F3N6O/c1-10-4-13(11-2-3-15(22)23-5-11)25-14-8-27(17(28)16(10)14)12-6-24-26(7-12)9-18(19,20)21/h2-8,28H,9H2,1H3,(H2,22,23). The topological polar surface area (TPSA) is 94.8 Å². The number of aromatic hydroxyl groups is 1. The molecular formula is C18H15F3N6O. The summed E-state index contributed by atoms with van der Waals surface area (Å²) in [6.45, 7) is 0.607. The van der Waals surface area contributed by atoms with Crippen LogP contribution >= 0.6 is 0 Å². The summed E-state index contributed by atoms with van der Waals surface area (Å²) in [6.07, 6.45) is 1.24. The van der Waals surface area contributed by atoms with Gasteiger partial charge >= 0.3 is 6.18 Å². The molecular weight excluding hydrogens is 373 g/mol. The number of nitrogens with two attached hydrogens (primary N) is 1. The van der Waals surface area contributed by atoms with Crippen LogP contribution in [0.4, 0.5) is 19.0 Å². The molecule has 3 N–H and O–H groups in total. The number of rotatable bonds is 3. The largest absolute Gasteiger partial charge is 0.494 e. The molecule has 0 saturated carbocycles. The summed E-state index contributed by atoms with van der Waals surface area (Å²) in [5.74, 6) is 0.273. The molecule has 0 bridgehead atoms. The summed E-state index contributed by atoms with van der Waals surface area (Å²) in [6, 6.07) is 5.24. The average molecular weight is 388 g/mol. The van der Waals surface area contributed by atoms with Gasteiger partial charge in [-0.1, -0.05) is 0 Å². The monoisotopic (exact) mass is 388 g/mol. The lowest BCUT2D eigenvalue weighted by Gasteiger charge is -2.05. The van der Waals surface area contributed by atoms with Gasteiger partial charge in [-0.25, -0.2) is 9.97 Å². The van der Waals surface area contributed by atoms with Crippen LogP contribution in [0.3, 0.4) is 0 Å². The van der Waals surface area contributed by atoms with Crippen LogP contribution in [0.2, 0.25) is 0 Å². The quantitative estimate of drug-likeness (QED) is 0.561. The number of alkyl halides is 3. The number of nitrogens with zero attached hydrogens (tertiary/aromatic N) is 5. The van der Waals surface area contributed by atoms with Crippen molar-refractivity contribution >= 4 is 16.7 Å². The summed E-state index contributed by atoms with van der Waals surface area (Å²) in [5.41, 5.74) is 8.56. The Bertz CT molecular complexity index is 1160. The minimum absolute atomic E-state index is 0.117. The van der Waals surface area contributed by atoms with Crippen LogP contribution in [-0.2, 0) is 6.54 Å². The van der Waals surface area contributed by atoms with Crippen molar-refractivity contribution in [2.24, 2.45) is 0 Å². The number of hydrogen-bond donors (Lipinski definition) is 2. The Hall–Kier alpha value is -3.56. The van der Waals surface area contributed by atoms with Crippen molar-refractivity contribution in [1.82, 2.24) is 24.3 Å². The molecule has 0 aliphatic heterocycles. The normalized spacial score (nSPS) is 12.0. The Labute approximate surface area is 156 Å². The maximum atomic E-state index is 12.5. The van der Waals surface area contributed by atoms with Crippen molar-refractivity contribution in [3.05, 3.63) is 48.5 Å². The van der Waals surface area contributed by atoms with Gasteiger partial charge in [0, 0.05) is 24.2 Å². The summed E-state index contributed by atoms with van der Waals surface area (Å²) >= 11 is 0. The van der Waals surface area contributed by atoms with Gasteiger partial charge in [0.15, 0.2) is 0 Å². The van der Waals surface area contributed by atoms with Crippen LogP contribution in [-0.4, -0.2) is 35.6 Å². The zero-order valence-corrected chi connectivity index (χ0v) is 14.6. The van der Waals surface area contributed by atoms with E-state index in [0.29, 0.717) is 28.1 Å². The van der Waals surface area contributed by atoms with Gasteiger partial charge in [0.25, 0.3) is 0 Å². The fourth-order valence-electron chi connectivity index (χ4n) is 3.03. The van der Waals surface area contributed by atoms with Crippen molar-refractivity contribution < 1.29 is 18.3 Å². The summed E-state index contributed by atoms with van der Waals surface area (Å²) in [7, 11) is 0. The van der Waals surface area contributed by atoms with E-state index in [1.807, 2.05) is 6.92 Å². The summed E-state index contributed by atoms with van der Waals surface area (Å²) < 4.78 is 39.8. The second-order valence-electron chi connectivity index (χ2n) is 6.39. The molecule has 10 heteroatoms. The molecule has 0 atom stereocenters. The minimum atomic E-state index is -4.38. The first-order chi connectivity index (χ1) is 13.2. The minimum Gasteiger partial charge on any atom is -0.494 e. The van der Waals surface area contributed by atoms with Gasteiger partial charge in [-0.3, -0.25) is 9.25 Å². The molecule has 0 fully saturated rings. The lowest BCUT2D eigenvalue weighted by Crippen LogP contribution is -2.17. The van der Waals surface area contributed by atoms with E-state index in [1.165, 1.54) is 17.0 Å². The number of nitrogen functional groups attached to an aromatic ring is 1. The Balaban J connectivity index is 1.78. The maximum absolute atomic E-state index is 12.5. The molecule has 0 aromatic carbocycles. The first-order valence-corrected chi connectivity index (χ1v) is 8.24. The van der Waals surface area contributed by atoms with Crippen molar-refractivity contribution in [2.45, 2.75) is 19.6 Å². The molecule has 0 saturated heterocycles. The highest BCUT2D eigenvalue weighted by Gasteiger charge is 2.28. The third-order valence-electron chi connectivity index (χ3n) is 4.27. The second kappa shape index (κ2) is 6.25. The zero-order valence-electron chi connectivity index (χ0n) is 14.6. The van der Waals surface area contributed by atoms with Crippen LogP contribution in [0, 0.1) is 6.92 Å². The van der Waals surface area contributed by atoms with Gasteiger partial charge < -0.3 is 10.8 Å². The molecule has 0 spiro atoms. The first-order valence-electron chi connectivity index (χ1n) is 8.24. The van der Waals surface area contributed by atoms with E-state index in [-0.39, 0.29) is 5.88 Å². The Morgan fingerprint density at radius 1 is 1.18 bits per heavy atom.